The molecular formula is C38H63KO3S. The fourth-order valence-corrected chi connectivity index (χ4v) is 7.04. The molecule has 240 valence electrons. The molecule has 0 amide bonds. The number of hydrogen-bond acceptors (Lipinski definition) is 3. The number of unbranched alkanes of at least 4 members (excludes halogenated alkanes) is 22. The van der Waals surface area contributed by atoms with Crippen LogP contribution in [0.1, 0.15) is 179 Å². The van der Waals surface area contributed by atoms with Gasteiger partial charge in [0.1, 0.15) is 10.1 Å². The third-order valence-electron chi connectivity index (χ3n) is 8.97. The summed E-state index contributed by atoms with van der Waals surface area (Å²) < 4.78 is 36.2. The van der Waals surface area contributed by atoms with Gasteiger partial charge in [-0.15, -0.1) is 0 Å². The Morgan fingerprint density at radius 1 is 0.488 bits per heavy atom. The average molecular weight is 639 g/mol. The van der Waals surface area contributed by atoms with E-state index < -0.39 is 10.1 Å². The van der Waals surface area contributed by atoms with Crippen LogP contribution in [0, 0.1) is 0 Å². The molecule has 0 saturated heterocycles. The van der Waals surface area contributed by atoms with E-state index in [-0.39, 0.29) is 56.3 Å². The van der Waals surface area contributed by atoms with Crippen LogP contribution in [-0.4, -0.2) is 13.0 Å². The normalized spacial score (nSPS) is 11.7. The zero-order valence-electron chi connectivity index (χ0n) is 28.4. The van der Waals surface area contributed by atoms with E-state index >= 15 is 0 Å². The molecule has 0 fully saturated rings. The molecule has 0 spiro atoms. The van der Waals surface area contributed by atoms with E-state index in [1.165, 1.54) is 147 Å². The van der Waals surface area contributed by atoms with Crippen LogP contribution in [0.15, 0.2) is 35.2 Å². The Morgan fingerprint density at radius 2 is 0.884 bits per heavy atom. The predicted molar refractivity (Wildman–Crippen MR) is 181 cm³/mol. The maximum atomic E-state index is 12.1. The van der Waals surface area contributed by atoms with E-state index in [0.717, 1.165) is 30.0 Å². The summed E-state index contributed by atoms with van der Waals surface area (Å²) in [5.74, 6) is 0. The summed E-state index contributed by atoms with van der Waals surface area (Å²) in [6.07, 6.45) is 33.2. The monoisotopic (exact) mass is 638 g/mol. The molecule has 0 aromatic heterocycles. The zero-order chi connectivity index (χ0) is 30.3. The van der Waals surface area contributed by atoms with Crippen LogP contribution >= 0.6 is 0 Å². The van der Waals surface area contributed by atoms with Gasteiger partial charge in [-0.25, -0.2) is 8.42 Å². The molecule has 43 heavy (non-hydrogen) atoms. The van der Waals surface area contributed by atoms with Crippen molar-refractivity contribution in [1.82, 2.24) is 0 Å². The van der Waals surface area contributed by atoms with Crippen LogP contribution < -0.4 is 51.4 Å². The van der Waals surface area contributed by atoms with Crippen LogP contribution in [0.3, 0.4) is 0 Å². The Bertz CT molecular complexity index is 1070. The summed E-state index contributed by atoms with van der Waals surface area (Å²) in [6.45, 7) is 4.54. The van der Waals surface area contributed by atoms with Gasteiger partial charge in [0.25, 0.3) is 0 Å². The van der Waals surface area contributed by atoms with E-state index in [9.17, 15) is 13.0 Å². The number of aryl methyl sites for hydroxylation is 2. The van der Waals surface area contributed by atoms with Gasteiger partial charge < -0.3 is 4.55 Å². The molecule has 0 aliphatic rings. The molecule has 0 heterocycles. The van der Waals surface area contributed by atoms with E-state index in [1.807, 2.05) is 12.1 Å². The van der Waals surface area contributed by atoms with Crippen LogP contribution in [0.5, 0.6) is 0 Å². The molecule has 0 bridgehead atoms. The molecule has 0 radical (unpaired) electrons. The maximum Gasteiger partial charge on any atom is 1.00 e. The number of benzene rings is 2. The van der Waals surface area contributed by atoms with Crippen molar-refractivity contribution in [2.75, 3.05) is 0 Å². The third-order valence-corrected chi connectivity index (χ3v) is 9.89. The number of hydrogen-bond donors (Lipinski definition) is 0. The third kappa shape index (κ3) is 19.5. The summed E-state index contributed by atoms with van der Waals surface area (Å²) in [6, 6.07) is 9.90. The van der Waals surface area contributed by atoms with Crippen molar-refractivity contribution in [2.45, 2.75) is 186 Å². The Hall–Kier alpha value is 0.246. The SMILES string of the molecule is CCCCCCCCCCCCCCc1ccc2cc(S(=O)(=O)[O-])c(CCCCCCCCCCCCCC)cc2c1.[K+]. The summed E-state index contributed by atoms with van der Waals surface area (Å²) in [5, 5.41) is 1.91. The van der Waals surface area contributed by atoms with Crippen LogP contribution in [0.2, 0.25) is 0 Å². The molecule has 2 aromatic carbocycles. The quantitative estimate of drug-likeness (QED) is 0.0557. The minimum absolute atomic E-state index is 0. The van der Waals surface area contributed by atoms with Gasteiger partial charge in [-0.05, 0) is 59.7 Å². The summed E-state index contributed by atoms with van der Waals surface area (Å²) in [5.41, 5.74) is 2.01. The Kier molecular flexibility index (Phi) is 25.3. The molecule has 3 nitrogen and oxygen atoms in total. The van der Waals surface area contributed by atoms with E-state index in [0.29, 0.717) is 12.0 Å². The Morgan fingerprint density at radius 3 is 1.30 bits per heavy atom. The topological polar surface area (TPSA) is 57.2 Å². The van der Waals surface area contributed by atoms with Crippen molar-refractivity contribution in [3.63, 3.8) is 0 Å². The van der Waals surface area contributed by atoms with Gasteiger partial charge in [0, 0.05) is 0 Å². The zero-order valence-corrected chi connectivity index (χ0v) is 32.3. The fourth-order valence-electron chi connectivity index (χ4n) is 6.28. The fraction of sp³-hybridized carbons (Fsp3) is 0.737. The van der Waals surface area contributed by atoms with Gasteiger partial charge in [0.15, 0.2) is 0 Å². The van der Waals surface area contributed by atoms with Gasteiger partial charge in [0.05, 0.1) is 4.90 Å². The van der Waals surface area contributed by atoms with Crippen molar-refractivity contribution in [3.8, 4) is 0 Å². The molecule has 0 atom stereocenters. The molecule has 5 heteroatoms. The minimum Gasteiger partial charge on any atom is -0.744 e. The molecule has 0 aliphatic carbocycles. The van der Waals surface area contributed by atoms with Crippen molar-refractivity contribution >= 4 is 20.9 Å². The van der Waals surface area contributed by atoms with Gasteiger partial charge in [-0.1, -0.05) is 173 Å². The molecule has 0 saturated carbocycles. The first-order chi connectivity index (χ1) is 20.5. The molecule has 0 N–H and O–H groups in total. The van der Waals surface area contributed by atoms with Crippen molar-refractivity contribution in [1.29, 1.82) is 0 Å². The summed E-state index contributed by atoms with van der Waals surface area (Å²) in [7, 11) is -4.49. The van der Waals surface area contributed by atoms with Crippen molar-refractivity contribution in [3.05, 3.63) is 41.5 Å². The van der Waals surface area contributed by atoms with Crippen molar-refractivity contribution < 1.29 is 64.4 Å². The second-order valence-electron chi connectivity index (χ2n) is 12.9. The smallest absolute Gasteiger partial charge is 0.744 e. The van der Waals surface area contributed by atoms with Crippen LogP contribution in [-0.2, 0) is 23.0 Å². The van der Waals surface area contributed by atoms with Crippen LogP contribution in [0.4, 0.5) is 0 Å². The standard InChI is InChI=1S/C38H64O3S.K/c1-3-5-7-9-11-13-15-17-19-21-23-25-27-34-29-30-35-33-38(42(39,40)41)36(32-37(35)31-34)28-26-24-22-20-18-16-14-12-10-8-6-4-2;/h29-33H,3-28H2,1-2H3,(H,39,40,41);/q;+1/p-1. The molecule has 0 aliphatic heterocycles. The van der Waals surface area contributed by atoms with Gasteiger partial charge in [0.2, 0.25) is 0 Å². The first kappa shape index (κ1) is 41.3. The van der Waals surface area contributed by atoms with Gasteiger partial charge >= 0.3 is 51.4 Å². The summed E-state index contributed by atoms with van der Waals surface area (Å²) >= 11 is 0. The minimum atomic E-state index is -4.49. The molecule has 0 unspecified atom stereocenters. The van der Waals surface area contributed by atoms with Crippen molar-refractivity contribution in [2.24, 2.45) is 0 Å². The van der Waals surface area contributed by atoms with Gasteiger partial charge in [-0.3, -0.25) is 0 Å². The average Bonchev–Trinajstić information content (AvgIpc) is 2.97. The van der Waals surface area contributed by atoms with E-state index in [2.05, 4.69) is 26.0 Å². The second-order valence-corrected chi connectivity index (χ2v) is 14.2. The number of fused-ring (bicyclic) bond motifs is 1. The number of rotatable bonds is 27. The molecule has 2 aromatic rings. The first-order valence-corrected chi connectivity index (χ1v) is 19.4. The Labute approximate surface area is 309 Å². The van der Waals surface area contributed by atoms with E-state index in [4.69, 9.17) is 0 Å². The Balaban J connectivity index is 0.00000924. The van der Waals surface area contributed by atoms with Gasteiger partial charge in [-0.2, -0.15) is 0 Å². The first-order valence-electron chi connectivity index (χ1n) is 18.0. The molecular weight excluding hydrogens is 576 g/mol. The maximum absolute atomic E-state index is 12.1. The second kappa shape index (κ2) is 26.3. The summed E-state index contributed by atoms with van der Waals surface area (Å²) in [4.78, 5) is -0.0215. The largest absolute Gasteiger partial charge is 1.00 e. The van der Waals surface area contributed by atoms with Crippen LogP contribution in [0.25, 0.3) is 10.8 Å². The molecule has 2 rings (SSSR count). The van der Waals surface area contributed by atoms with E-state index in [1.54, 1.807) is 6.07 Å². The predicted octanol–water partition coefficient (Wildman–Crippen LogP) is 9.24.